The zero-order valence-electron chi connectivity index (χ0n) is 5.98. The number of rotatable bonds is 5. The van der Waals surface area contributed by atoms with Crippen molar-refractivity contribution >= 4 is 0 Å². The molecule has 4 heteroatoms. The van der Waals surface area contributed by atoms with E-state index in [2.05, 4.69) is 5.32 Å². The summed E-state index contributed by atoms with van der Waals surface area (Å²) in [6.07, 6.45) is -2.24. The van der Waals surface area contributed by atoms with Crippen molar-refractivity contribution in [2.45, 2.75) is 25.9 Å². The first-order chi connectivity index (χ1) is 4.66. The van der Waals surface area contributed by atoms with Gasteiger partial charge in [0.25, 0.3) is 6.43 Å². The molecule has 1 atom stereocenters. The molecule has 0 radical (unpaired) electrons. The van der Waals surface area contributed by atoms with Crippen LogP contribution in [0.25, 0.3) is 0 Å². The lowest BCUT2D eigenvalue weighted by molar-refractivity contribution is 0.127. The highest BCUT2D eigenvalue weighted by Gasteiger charge is 2.03. The lowest BCUT2D eigenvalue weighted by Crippen LogP contribution is -2.29. The Kier molecular flexibility index (Phi) is 5.43. The van der Waals surface area contributed by atoms with Crippen molar-refractivity contribution in [2.24, 2.45) is 0 Å². The zero-order chi connectivity index (χ0) is 7.98. The minimum Gasteiger partial charge on any atom is -0.392 e. The van der Waals surface area contributed by atoms with E-state index in [9.17, 15) is 8.78 Å². The van der Waals surface area contributed by atoms with E-state index in [0.717, 1.165) is 0 Å². The molecule has 0 saturated carbocycles. The summed E-state index contributed by atoms with van der Waals surface area (Å²) >= 11 is 0. The van der Waals surface area contributed by atoms with Crippen molar-refractivity contribution in [3.63, 3.8) is 0 Å². The molecule has 2 nitrogen and oxygen atoms in total. The van der Waals surface area contributed by atoms with Gasteiger partial charge in [0.15, 0.2) is 0 Å². The van der Waals surface area contributed by atoms with Crippen molar-refractivity contribution in [1.82, 2.24) is 5.32 Å². The number of halogens is 2. The van der Waals surface area contributed by atoms with E-state index in [0.29, 0.717) is 6.42 Å². The highest BCUT2D eigenvalue weighted by molar-refractivity contribution is 4.56. The fourth-order valence-electron chi connectivity index (χ4n) is 0.503. The van der Waals surface area contributed by atoms with Crippen LogP contribution in [0.2, 0.25) is 0 Å². The molecule has 0 spiro atoms. The van der Waals surface area contributed by atoms with Crippen LogP contribution in [0.5, 0.6) is 0 Å². The average molecular weight is 153 g/mol. The van der Waals surface area contributed by atoms with E-state index in [-0.39, 0.29) is 13.1 Å². The molecule has 0 heterocycles. The summed E-state index contributed by atoms with van der Waals surface area (Å²) in [6, 6.07) is 0. The van der Waals surface area contributed by atoms with E-state index in [1.807, 2.05) is 0 Å². The second-order valence-electron chi connectivity index (χ2n) is 2.11. The third-order valence-electron chi connectivity index (χ3n) is 1.15. The topological polar surface area (TPSA) is 32.3 Å². The Balaban J connectivity index is 3.03. The molecule has 0 aromatic carbocycles. The molecular weight excluding hydrogens is 140 g/mol. The number of aliphatic hydroxyl groups is 1. The van der Waals surface area contributed by atoms with Crippen LogP contribution in [0, 0.1) is 0 Å². The van der Waals surface area contributed by atoms with Crippen LogP contribution in [0.3, 0.4) is 0 Å². The van der Waals surface area contributed by atoms with Crippen LogP contribution in [0.1, 0.15) is 13.3 Å². The van der Waals surface area contributed by atoms with E-state index >= 15 is 0 Å². The van der Waals surface area contributed by atoms with E-state index in [1.54, 1.807) is 6.92 Å². The standard InChI is InChI=1S/C6H13F2NO/c1-2-5(10)3-9-4-6(7)8/h5-6,9-10H,2-4H2,1H3. The quantitative estimate of drug-likeness (QED) is 0.606. The van der Waals surface area contributed by atoms with Crippen molar-refractivity contribution in [2.75, 3.05) is 13.1 Å². The van der Waals surface area contributed by atoms with Crippen molar-refractivity contribution < 1.29 is 13.9 Å². The zero-order valence-corrected chi connectivity index (χ0v) is 5.98. The third kappa shape index (κ3) is 5.91. The molecule has 10 heavy (non-hydrogen) atoms. The number of alkyl halides is 2. The van der Waals surface area contributed by atoms with E-state index in [4.69, 9.17) is 5.11 Å². The summed E-state index contributed by atoms with van der Waals surface area (Å²) in [7, 11) is 0. The van der Waals surface area contributed by atoms with Crippen LogP contribution in [-0.2, 0) is 0 Å². The van der Waals surface area contributed by atoms with Crippen molar-refractivity contribution in [3.05, 3.63) is 0 Å². The van der Waals surface area contributed by atoms with Gasteiger partial charge in [0, 0.05) is 6.54 Å². The van der Waals surface area contributed by atoms with Crippen LogP contribution in [0.15, 0.2) is 0 Å². The molecule has 0 amide bonds. The predicted octanol–water partition coefficient (Wildman–Crippen LogP) is 0.612. The summed E-state index contributed by atoms with van der Waals surface area (Å²) in [5, 5.41) is 11.3. The van der Waals surface area contributed by atoms with Gasteiger partial charge in [-0.1, -0.05) is 6.92 Å². The van der Waals surface area contributed by atoms with Crippen LogP contribution < -0.4 is 5.32 Å². The van der Waals surface area contributed by atoms with E-state index in [1.165, 1.54) is 0 Å². The number of hydrogen-bond donors (Lipinski definition) is 2. The van der Waals surface area contributed by atoms with Gasteiger partial charge in [-0.2, -0.15) is 0 Å². The van der Waals surface area contributed by atoms with Crippen molar-refractivity contribution in [1.29, 1.82) is 0 Å². The van der Waals surface area contributed by atoms with Gasteiger partial charge in [-0.3, -0.25) is 0 Å². The molecule has 2 N–H and O–H groups in total. The molecule has 0 aromatic rings. The van der Waals surface area contributed by atoms with Gasteiger partial charge in [0.05, 0.1) is 12.6 Å². The molecule has 0 aliphatic heterocycles. The Morgan fingerprint density at radius 1 is 1.40 bits per heavy atom. The molecule has 62 valence electrons. The maximum Gasteiger partial charge on any atom is 0.250 e. The summed E-state index contributed by atoms with van der Waals surface area (Å²) in [6.45, 7) is 1.71. The fraction of sp³-hybridized carbons (Fsp3) is 1.00. The third-order valence-corrected chi connectivity index (χ3v) is 1.15. The second-order valence-corrected chi connectivity index (χ2v) is 2.11. The first kappa shape index (κ1) is 9.78. The molecule has 0 aliphatic carbocycles. The van der Waals surface area contributed by atoms with E-state index < -0.39 is 12.5 Å². The largest absolute Gasteiger partial charge is 0.392 e. The number of hydrogen-bond acceptors (Lipinski definition) is 2. The second kappa shape index (κ2) is 5.56. The maximum atomic E-state index is 11.4. The predicted molar refractivity (Wildman–Crippen MR) is 35.2 cm³/mol. The Bertz CT molecular complexity index is 80.1. The number of aliphatic hydroxyl groups excluding tert-OH is 1. The molecule has 0 aromatic heterocycles. The molecule has 0 bridgehead atoms. The first-order valence-electron chi connectivity index (χ1n) is 3.33. The molecule has 0 fully saturated rings. The Labute approximate surface area is 59.2 Å². The van der Waals surface area contributed by atoms with Gasteiger partial charge in [-0.05, 0) is 6.42 Å². The Morgan fingerprint density at radius 2 is 2.00 bits per heavy atom. The Hall–Kier alpha value is -0.220. The van der Waals surface area contributed by atoms with Gasteiger partial charge in [-0.15, -0.1) is 0 Å². The maximum absolute atomic E-state index is 11.4. The Morgan fingerprint density at radius 3 is 2.40 bits per heavy atom. The summed E-state index contributed by atoms with van der Waals surface area (Å²) < 4.78 is 22.9. The molecule has 0 saturated heterocycles. The van der Waals surface area contributed by atoms with Crippen molar-refractivity contribution in [3.8, 4) is 0 Å². The monoisotopic (exact) mass is 153 g/mol. The SMILES string of the molecule is CCC(O)CNCC(F)F. The highest BCUT2D eigenvalue weighted by Crippen LogP contribution is 1.90. The van der Waals surface area contributed by atoms with Crippen LogP contribution >= 0.6 is 0 Å². The molecule has 0 aliphatic rings. The minimum atomic E-state index is -2.33. The smallest absolute Gasteiger partial charge is 0.250 e. The lowest BCUT2D eigenvalue weighted by atomic mass is 10.3. The normalized spacial score (nSPS) is 14.1. The van der Waals surface area contributed by atoms with Gasteiger partial charge >= 0.3 is 0 Å². The first-order valence-corrected chi connectivity index (χ1v) is 3.33. The highest BCUT2D eigenvalue weighted by atomic mass is 19.3. The molecule has 0 rings (SSSR count). The summed E-state index contributed by atoms with van der Waals surface area (Å²) in [5.41, 5.74) is 0. The van der Waals surface area contributed by atoms with Gasteiger partial charge in [0.1, 0.15) is 0 Å². The fourth-order valence-corrected chi connectivity index (χ4v) is 0.503. The summed E-state index contributed by atoms with van der Waals surface area (Å²) in [5.74, 6) is 0. The van der Waals surface area contributed by atoms with Crippen LogP contribution in [0.4, 0.5) is 8.78 Å². The minimum absolute atomic E-state index is 0.251. The molecular formula is C6H13F2NO. The molecule has 1 unspecified atom stereocenters. The van der Waals surface area contributed by atoms with Gasteiger partial charge in [-0.25, -0.2) is 8.78 Å². The average Bonchev–Trinajstić information content (AvgIpc) is 1.87. The van der Waals surface area contributed by atoms with Crippen LogP contribution in [-0.4, -0.2) is 30.7 Å². The lowest BCUT2D eigenvalue weighted by Gasteiger charge is -2.07. The number of nitrogens with one attached hydrogen (secondary N) is 1. The van der Waals surface area contributed by atoms with Gasteiger partial charge in [0.2, 0.25) is 0 Å². The van der Waals surface area contributed by atoms with Gasteiger partial charge < -0.3 is 10.4 Å². The summed E-state index contributed by atoms with van der Waals surface area (Å²) in [4.78, 5) is 0.